The van der Waals surface area contributed by atoms with Gasteiger partial charge in [0.25, 0.3) is 0 Å². The zero-order valence-corrected chi connectivity index (χ0v) is 11.4. The highest BCUT2D eigenvalue weighted by Crippen LogP contribution is 2.19. The monoisotopic (exact) mass is 280 g/mol. The molecule has 0 saturated carbocycles. The Balaban J connectivity index is 1.43. The molecule has 3 rings (SSSR count). The number of hydrogen-bond acceptors (Lipinski definition) is 6. The largest absolute Gasteiger partial charge is 0.377 e. The van der Waals surface area contributed by atoms with E-state index in [1.165, 1.54) is 0 Å². The summed E-state index contributed by atoms with van der Waals surface area (Å²) in [5, 5.41) is 14.4. The number of hydrogen-bond donors (Lipinski definition) is 0. The van der Waals surface area contributed by atoms with Crippen LogP contribution in [0.15, 0.2) is 17.5 Å². The van der Waals surface area contributed by atoms with E-state index in [0.717, 1.165) is 24.3 Å². The molecule has 0 aliphatic carbocycles. The second-order valence-corrected chi connectivity index (χ2v) is 5.34. The zero-order chi connectivity index (χ0) is 12.9. The lowest BCUT2D eigenvalue weighted by molar-refractivity contribution is 0.0133. The molecule has 6 nitrogen and oxygen atoms in total. The van der Waals surface area contributed by atoms with E-state index in [-0.39, 0.29) is 6.10 Å². The van der Waals surface area contributed by atoms with Gasteiger partial charge >= 0.3 is 0 Å². The van der Waals surface area contributed by atoms with Gasteiger partial charge in [0.1, 0.15) is 0 Å². The van der Waals surface area contributed by atoms with E-state index in [1.807, 2.05) is 17.5 Å². The average molecular weight is 280 g/mol. The summed E-state index contributed by atoms with van der Waals surface area (Å²) in [5.41, 5.74) is 0. The minimum Gasteiger partial charge on any atom is -0.377 e. The van der Waals surface area contributed by atoms with E-state index in [1.54, 1.807) is 16.1 Å². The zero-order valence-electron chi connectivity index (χ0n) is 10.6. The van der Waals surface area contributed by atoms with Gasteiger partial charge in [-0.3, -0.25) is 0 Å². The van der Waals surface area contributed by atoms with Crippen LogP contribution >= 0.6 is 11.3 Å². The SMILES string of the molecule is c1csc(-c2nnn(CCOC[C@H]3CCCO3)n2)c1. The molecular formula is C12H16N4O2S. The van der Waals surface area contributed by atoms with Crippen LogP contribution in [0.3, 0.4) is 0 Å². The van der Waals surface area contributed by atoms with Crippen molar-refractivity contribution in [1.29, 1.82) is 0 Å². The molecular weight excluding hydrogens is 264 g/mol. The Bertz CT molecular complexity index is 494. The van der Waals surface area contributed by atoms with Crippen LogP contribution in [0, 0.1) is 0 Å². The third-order valence-electron chi connectivity index (χ3n) is 2.96. The van der Waals surface area contributed by atoms with Crippen molar-refractivity contribution < 1.29 is 9.47 Å². The predicted octanol–water partition coefficient (Wildman–Crippen LogP) is 1.60. The van der Waals surface area contributed by atoms with Crippen molar-refractivity contribution in [3.05, 3.63) is 17.5 Å². The van der Waals surface area contributed by atoms with Crippen molar-refractivity contribution in [1.82, 2.24) is 20.2 Å². The van der Waals surface area contributed by atoms with E-state index in [2.05, 4.69) is 15.4 Å². The summed E-state index contributed by atoms with van der Waals surface area (Å²) in [6, 6.07) is 3.96. The van der Waals surface area contributed by atoms with Crippen molar-refractivity contribution in [2.45, 2.75) is 25.5 Å². The van der Waals surface area contributed by atoms with Gasteiger partial charge in [-0.15, -0.1) is 21.5 Å². The Morgan fingerprint density at radius 2 is 2.53 bits per heavy atom. The molecule has 0 N–H and O–H groups in total. The number of aromatic nitrogens is 4. The summed E-state index contributed by atoms with van der Waals surface area (Å²) < 4.78 is 11.1. The minimum atomic E-state index is 0.269. The summed E-state index contributed by atoms with van der Waals surface area (Å²) in [6.07, 6.45) is 2.51. The van der Waals surface area contributed by atoms with Crippen LogP contribution in [-0.4, -0.2) is 46.1 Å². The Hall–Kier alpha value is -1.31. The van der Waals surface area contributed by atoms with Crippen LogP contribution in [0.4, 0.5) is 0 Å². The van der Waals surface area contributed by atoms with Crippen LogP contribution < -0.4 is 0 Å². The van der Waals surface area contributed by atoms with Crippen molar-refractivity contribution >= 4 is 11.3 Å². The molecule has 0 amide bonds. The highest BCUT2D eigenvalue weighted by molar-refractivity contribution is 7.13. The first-order chi connectivity index (χ1) is 9.42. The third-order valence-corrected chi connectivity index (χ3v) is 3.82. The summed E-state index contributed by atoms with van der Waals surface area (Å²) in [6.45, 7) is 2.72. The lowest BCUT2D eigenvalue weighted by Gasteiger charge is -2.09. The molecule has 0 bridgehead atoms. The van der Waals surface area contributed by atoms with E-state index in [4.69, 9.17) is 9.47 Å². The molecule has 0 aromatic carbocycles. The first kappa shape index (κ1) is 12.7. The molecule has 1 saturated heterocycles. The second kappa shape index (κ2) is 6.23. The highest BCUT2D eigenvalue weighted by Gasteiger charge is 2.15. The first-order valence-electron chi connectivity index (χ1n) is 6.43. The number of ether oxygens (including phenoxy) is 2. The molecule has 19 heavy (non-hydrogen) atoms. The van der Waals surface area contributed by atoms with Crippen LogP contribution in [0.25, 0.3) is 10.7 Å². The number of rotatable bonds is 6. The molecule has 2 aromatic heterocycles. The van der Waals surface area contributed by atoms with Crippen LogP contribution in [0.1, 0.15) is 12.8 Å². The summed E-state index contributed by atoms with van der Waals surface area (Å²) >= 11 is 1.61. The van der Waals surface area contributed by atoms with Gasteiger partial charge in [-0.25, -0.2) is 0 Å². The second-order valence-electron chi connectivity index (χ2n) is 4.40. The molecule has 0 unspecified atom stereocenters. The summed E-state index contributed by atoms with van der Waals surface area (Å²) in [5.74, 6) is 0.675. The third kappa shape index (κ3) is 3.37. The Morgan fingerprint density at radius 3 is 3.32 bits per heavy atom. The summed E-state index contributed by atoms with van der Waals surface area (Å²) in [4.78, 5) is 2.61. The molecule has 7 heteroatoms. The normalized spacial score (nSPS) is 19.1. The fraction of sp³-hybridized carbons (Fsp3) is 0.583. The van der Waals surface area contributed by atoms with Gasteiger partial charge < -0.3 is 9.47 Å². The van der Waals surface area contributed by atoms with Gasteiger partial charge in [0.15, 0.2) is 0 Å². The van der Waals surface area contributed by atoms with E-state index < -0.39 is 0 Å². The predicted molar refractivity (Wildman–Crippen MR) is 70.9 cm³/mol. The number of nitrogens with zero attached hydrogens (tertiary/aromatic N) is 4. The molecule has 1 aliphatic heterocycles. The standard InChI is InChI=1S/C12H16N4O2S/c1-3-10(18-6-1)9-17-7-5-16-14-12(13-15-16)11-4-2-8-19-11/h2,4,8,10H,1,3,5-7,9H2/t10-/m1/s1. The molecule has 3 heterocycles. The van der Waals surface area contributed by atoms with Gasteiger partial charge in [0.05, 0.1) is 30.7 Å². The smallest absolute Gasteiger partial charge is 0.214 e. The molecule has 1 atom stereocenters. The van der Waals surface area contributed by atoms with Gasteiger partial charge in [0.2, 0.25) is 5.82 Å². The molecule has 1 aliphatic rings. The van der Waals surface area contributed by atoms with Gasteiger partial charge in [-0.05, 0) is 29.5 Å². The first-order valence-corrected chi connectivity index (χ1v) is 7.31. The maximum atomic E-state index is 5.57. The number of tetrazole rings is 1. The Labute approximate surface area is 115 Å². The van der Waals surface area contributed by atoms with Gasteiger partial charge in [-0.2, -0.15) is 4.80 Å². The minimum absolute atomic E-state index is 0.269. The average Bonchev–Trinajstić information content (AvgIpc) is 3.15. The fourth-order valence-corrected chi connectivity index (χ4v) is 2.63. The molecule has 1 fully saturated rings. The maximum absolute atomic E-state index is 5.57. The van der Waals surface area contributed by atoms with E-state index in [9.17, 15) is 0 Å². The molecule has 0 radical (unpaired) electrons. The van der Waals surface area contributed by atoms with Gasteiger partial charge in [0, 0.05) is 6.61 Å². The highest BCUT2D eigenvalue weighted by atomic mass is 32.1. The fourth-order valence-electron chi connectivity index (χ4n) is 1.98. The Morgan fingerprint density at radius 1 is 1.53 bits per heavy atom. The van der Waals surface area contributed by atoms with Crippen molar-refractivity contribution in [3.63, 3.8) is 0 Å². The Kier molecular flexibility index (Phi) is 4.16. The quantitative estimate of drug-likeness (QED) is 0.752. The summed E-state index contributed by atoms with van der Waals surface area (Å²) in [7, 11) is 0. The lowest BCUT2D eigenvalue weighted by Crippen LogP contribution is -2.17. The topological polar surface area (TPSA) is 62.1 Å². The van der Waals surface area contributed by atoms with E-state index >= 15 is 0 Å². The number of thiophene rings is 1. The maximum Gasteiger partial charge on any atom is 0.214 e. The van der Waals surface area contributed by atoms with E-state index in [0.29, 0.717) is 25.6 Å². The van der Waals surface area contributed by atoms with Crippen molar-refractivity contribution in [2.24, 2.45) is 0 Å². The molecule has 2 aromatic rings. The van der Waals surface area contributed by atoms with Crippen molar-refractivity contribution in [2.75, 3.05) is 19.8 Å². The lowest BCUT2D eigenvalue weighted by atomic mass is 10.2. The van der Waals surface area contributed by atoms with Crippen LogP contribution in [0.5, 0.6) is 0 Å². The molecule has 0 spiro atoms. The molecule has 102 valence electrons. The van der Waals surface area contributed by atoms with Crippen molar-refractivity contribution in [3.8, 4) is 10.7 Å². The van der Waals surface area contributed by atoms with Crippen LogP contribution in [0.2, 0.25) is 0 Å². The van der Waals surface area contributed by atoms with Gasteiger partial charge in [-0.1, -0.05) is 6.07 Å². The van der Waals surface area contributed by atoms with Crippen LogP contribution in [-0.2, 0) is 16.0 Å².